The summed E-state index contributed by atoms with van der Waals surface area (Å²) in [7, 11) is 0. The van der Waals surface area contributed by atoms with Gasteiger partial charge in [0.25, 0.3) is 0 Å². The van der Waals surface area contributed by atoms with Gasteiger partial charge in [-0.3, -0.25) is 0 Å². The molecule has 1 aromatic rings. The van der Waals surface area contributed by atoms with Gasteiger partial charge < -0.3 is 5.32 Å². The fraction of sp³-hybridized carbons (Fsp3) is 0.647. The Bertz CT molecular complexity index is 316. The molecule has 1 unspecified atom stereocenters. The lowest BCUT2D eigenvalue weighted by Gasteiger charge is -2.18. The summed E-state index contributed by atoms with van der Waals surface area (Å²) in [5.74, 6) is 1.04. The highest BCUT2D eigenvalue weighted by atomic mass is 14.9. The van der Waals surface area contributed by atoms with Crippen LogP contribution in [0.15, 0.2) is 30.3 Å². The van der Waals surface area contributed by atoms with Crippen molar-refractivity contribution in [1.82, 2.24) is 5.32 Å². The molecule has 0 saturated heterocycles. The second kappa shape index (κ2) is 7.58. The Kier molecular flexibility index (Phi) is 5.73. The van der Waals surface area contributed by atoms with Crippen molar-refractivity contribution in [2.24, 2.45) is 5.92 Å². The molecule has 18 heavy (non-hydrogen) atoms. The second-order valence-corrected chi connectivity index (χ2v) is 5.71. The summed E-state index contributed by atoms with van der Waals surface area (Å²) in [6, 6.07) is 11.6. The van der Waals surface area contributed by atoms with Crippen LogP contribution in [-0.4, -0.2) is 12.6 Å². The third kappa shape index (κ3) is 5.22. The van der Waals surface area contributed by atoms with Gasteiger partial charge in [-0.2, -0.15) is 0 Å². The molecule has 1 nitrogen and oxygen atoms in total. The Labute approximate surface area is 112 Å². The van der Waals surface area contributed by atoms with Crippen LogP contribution in [0.5, 0.6) is 0 Å². The van der Waals surface area contributed by atoms with E-state index in [0.717, 1.165) is 12.0 Å². The molecule has 1 aromatic carbocycles. The van der Waals surface area contributed by atoms with Crippen molar-refractivity contribution in [3.8, 4) is 0 Å². The predicted octanol–water partition coefficient (Wildman–Crippen LogP) is 4.18. The summed E-state index contributed by atoms with van der Waals surface area (Å²) >= 11 is 0. The van der Waals surface area contributed by atoms with Crippen molar-refractivity contribution in [2.45, 2.75) is 57.9 Å². The fourth-order valence-electron chi connectivity index (χ4n) is 2.60. The number of aryl methyl sites for hydroxylation is 1. The highest BCUT2D eigenvalue weighted by molar-refractivity contribution is 5.14. The van der Waals surface area contributed by atoms with E-state index in [2.05, 4.69) is 42.6 Å². The normalized spacial score (nSPS) is 16.7. The van der Waals surface area contributed by atoms with Crippen LogP contribution in [0.25, 0.3) is 0 Å². The van der Waals surface area contributed by atoms with Gasteiger partial charge in [0.05, 0.1) is 0 Å². The zero-order valence-corrected chi connectivity index (χ0v) is 11.7. The molecule has 0 radical (unpaired) electrons. The highest BCUT2D eigenvalue weighted by Crippen LogP contribution is 2.34. The molecule has 1 aliphatic rings. The number of hydrogen-bond acceptors (Lipinski definition) is 1. The van der Waals surface area contributed by atoms with Crippen molar-refractivity contribution in [3.63, 3.8) is 0 Å². The largest absolute Gasteiger partial charge is 0.314 e. The minimum atomic E-state index is 0.765. The number of nitrogens with one attached hydrogen (secondary N) is 1. The minimum absolute atomic E-state index is 0.765. The molecule has 0 bridgehead atoms. The standard InChI is InChI=1S/C17H27N/c1-2-13-18-17(14-16-11-12-16)10-6-9-15-7-4-3-5-8-15/h3-5,7-8,16-18H,2,6,9-14H2,1H3. The zero-order valence-electron chi connectivity index (χ0n) is 11.7. The van der Waals surface area contributed by atoms with Gasteiger partial charge in [0, 0.05) is 6.04 Å². The van der Waals surface area contributed by atoms with Crippen molar-refractivity contribution < 1.29 is 0 Å². The van der Waals surface area contributed by atoms with Crippen molar-refractivity contribution >= 4 is 0 Å². The van der Waals surface area contributed by atoms with E-state index < -0.39 is 0 Å². The zero-order chi connectivity index (χ0) is 12.6. The maximum Gasteiger partial charge on any atom is 0.00698 e. The first kappa shape index (κ1) is 13.6. The van der Waals surface area contributed by atoms with Gasteiger partial charge in [-0.1, -0.05) is 50.1 Å². The summed E-state index contributed by atoms with van der Waals surface area (Å²) in [5.41, 5.74) is 1.48. The van der Waals surface area contributed by atoms with E-state index in [4.69, 9.17) is 0 Å². The third-order valence-electron chi connectivity index (χ3n) is 3.86. The van der Waals surface area contributed by atoms with Gasteiger partial charge in [-0.15, -0.1) is 0 Å². The second-order valence-electron chi connectivity index (χ2n) is 5.71. The van der Waals surface area contributed by atoms with Crippen LogP contribution in [0.2, 0.25) is 0 Å². The third-order valence-corrected chi connectivity index (χ3v) is 3.86. The average Bonchev–Trinajstić information content (AvgIpc) is 3.21. The van der Waals surface area contributed by atoms with Crippen LogP contribution in [0.3, 0.4) is 0 Å². The molecular formula is C17H27N. The first-order valence-electron chi connectivity index (χ1n) is 7.65. The molecule has 1 aliphatic carbocycles. The Morgan fingerprint density at radius 3 is 2.67 bits per heavy atom. The molecule has 0 amide bonds. The Morgan fingerprint density at radius 1 is 1.22 bits per heavy atom. The molecule has 100 valence electrons. The van der Waals surface area contributed by atoms with Crippen molar-refractivity contribution in [1.29, 1.82) is 0 Å². The first-order chi connectivity index (χ1) is 8.88. The van der Waals surface area contributed by atoms with Crippen LogP contribution in [0.1, 0.15) is 51.0 Å². The van der Waals surface area contributed by atoms with Gasteiger partial charge in [0.1, 0.15) is 0 Å². The molecule has 0 aromatic heterocycles. The van der Waals surface area contributed by atoms with Crippen molar-refractivity contribution in [2.75, 3.05) is 6.54 Å². The first-order valence-corrected chi connectivity index (χ1v) is 7.65. The van der Waals surface area contributed by atoms with Gasteiger partial charge >= 0.3 is 0 Å². The Balaban J connectivity index is 1.67. The van der Waals surface area contributed by atoms with E-state index in [0.29, 0.717) is 0 Å². The lowest BCUT2D eigenvalue weighted by molar-refractivity contribution is 0.423. The summed E-state index contributed by atoms with van der Waals surface area (Å²) in [5, 5.41) is 3.73. The molecule has 0 aliphatic heterocycles. The SMILES string of the molecule is CCCNC(CCCc1ccccc1)CC1CC1. The summed E-state index contributed by atoms with van der Waals surface area (Å²) < 4.78 is 0. The smallest absolute Gasteiger partial charge is 0.00698 e. The fourth-order valence-corrected chi connectivity index (χ4v) is 2.60. The van der Waals surface area contributed by atoms with Gasteiger partial charge in [-0.25, -0.2) is 0 Å². The van der Waals surface area contributed by atoms with E-state index in [1.54, 1.807) is 0 Å². The molecule has 0 heterocycles. The van der Waals surface area contributed by atoms with Gasteiger partial charge in [0.2, 0.25) is 0 Å². The summed E-state index contributed by atoms with van der Waals surface area (Å²) in [6.07, 6.45) is 9.50. The monoisotopic (exact) mass is 245 g/mol. The van der Waals surface area contributed by atoms with E-state index in [1.807, 2.05) is 0 Å². The number of hydrogen-bond donors (Lipinski definition) is 1. The maximum atomic E-state index is 3.73. The molecule has 1 heteroatoms. The quantitative estimate of drug-likeness (QED) is 0.688. The lowest BCUT2D eigenvalue weighted by atomic mass is 10.0. The molecule has 1 atom stereocenters. The predicted molar refractivity (Wildman–Crippen MR) is 78.8 cm³/mol. The van der Waals surface area contributed by atoms with Crippen LogP contribution in [0, 0.1) is 5.92 Å². The summed E-state index contributed by atoms with van der Waals surface area (Å²) in [4.78, 5) is 0. The Morgan fingerprint density at radius 2 is 2.00 bits per heavy atom. The van der Waals surface area contributed by atoms with Crippen LogP contribution in [0.4, 0.5) is 0 Å². The van der Waals surface area contributed by atoms with Crippen LogP contribution < -0.4 is 5.32 Å². The minimum Gasteiger partial charge on any atom is -0.314 e. The van der Waals surface area contributed by atoms with Gasteiger partial charge in [-0.05, 0) is 50.1 Å². The van der Waals surface area contributed by atoms with E-state index in [1.165, 1.54) is 57.1 Å². The van der Waals surface area contributed by atoms with E-state index in [-0.39, 0.29) is 0 Å². The van der Waals surface area contributed by atoms with E-state index >= 15 is 0 Å². The molecule has 1 fully saturated rings. The van der Waals surface area contributed by atoms with E-state index in [9.17, 15) is 0 Å². The molecule has 2 rings (SSSR count). The maximum absolute atomic E-state index is 3.73. The lowest BCUT2D eigenvalue weighted by Crippen LogP contribution is -2.30. The molecule has 1 N–H and O–H groups in total. The molecule has 1 saturated carbocycles. The number of rotatable bonds is 9. The van der Waals surface area contributed by atoms with Crippen molar-refractivity contribution in [3.05, 3.63) is 35.9 Å². The van der Waals surface area contributed by atoms with Gasteiger partial charge in [0.15, 0.2) is 0 Å². The highest BCUT2D eigenvalue weighted by Gasteiger charge is 2.24. The van der Waals surface area contributed by atoms with Crippen LogP contribution in [-0.2, 0) is 6.42 Å². The molecular weight excluding hydrogens is 218 g/mol. The topological polar surface area (TPSA) is 12.0 Å². The number of benzene rings is 1. The molecule has 0 spiro atoms. The van der Waals surface area contributed by atoms with Crippen LogP contribution >= 0.6 is 0 Å². The summed E-state index contributed by atoms with van der Waals surface area (Å²) in [6.45, 7) is 3.44. The Hall–Kier alpha value is -0.820. The average molecular weight is 245 g/mol.